The predicted octanol–water partition coefficient (Wildman–Crippen LogP) is 8.94. The van der Waals surface area contributed by atoms with Gasteiger partial charge in [-0.1, -0.05) is 208 Å². The molecule has 0 aliphatic heterocycles. The number of aliphatic hydroxyl groups excluding tert-OH is 1. The summed E-state index contributed by atoms with van der Waals surface area (Å²) in [6.45, 7) is 6.17. The van der Waals surface area contributed by atoms with Gasteiger partial charge in [0.05, 0.1) is 29.1 Å². The van der Waals surface area contributed by atoms with Crippen molar-refractivity contribution in [1.29, 1.82) is 0 Å². The van der Waals surface area contributed by atoms with E-state index in [1.165, 1.54) is 32.7 Å². The number of hydrogen-bond donors (Lipinski definition) is 5. The van der Waals surface area contributed by atoms with E-state index in [1.807, 2.05) is 115 Å². The maximum atomic E-state index is 14.6. The fourth-order valence-electron chi connectivity index (χ4n) is 8.64. The molecule has 73 heavy (non-hydrogen) atoms. The minimum atomic E-state index is -1.55. The highest BCUT2D eigenvalue weighted by atomic mass is 32.2. The van der Waals surface area contributed by atoms with Crippen molar-refractivity contribution in [1.82, 2.24) is 21.3 Å². The van der Waals surface area contributed by atoms with Crippen LogP contribution in [0.1, 0.15) is 73.9 Å². The molecule has 0 radical (unpaired) electrons. The second-order valence-electron chi connectivity index (χ2n) is 18.4. The van der Waals surface area contributed by atoms with Crippen LogP contribution in [0.5, 0.6) is 0 Å². The van der Waals surface area contributed by atoms with Crippen LogP contribution in [0.15, 0.2) is 194 Å². The van der Waals surface area contributed by atoms with E-state index < -0.39 is 75.3 Å². The van der Waals surface area contributed by atoms with Crippen molar-refractivity contribution < 1.29 is 33.8 Å². The third kappa shape index (κ3) is 14.4. The standard InChI is InChI=1S/C60H66N4O7S2/c1-43(2)54(56(69)61-41-53(67)71-5)63-55(68)51(42-73-60(47-32-18-9-19-33-47,48-34-20-10-21-35-48)49-36-22-11-23-37-49)62-57(70)58(3,4)64-52(66)40-50(65)38-24-25-39-72-59(44-26-12-6-13-27-44,45-28-14-7-15-29-45)46-30-16-8-17-31-46/h6-24,26-38,43,50-51,54,65H,25,39-42H2,1-5H3,(H,61,69)(H,62,70)(H,63,68)(H,64,66)/t50-,51-,54-/m1/s1. The van der Waals surface area contributed by atoms with Gasteiger partial charge in [-0.3, -0.25) is 24.0 Å². The summed E-state index contributed by atoms with van der Waals surface area (Å²) >= 11 is 3.24. The first-order valence-corrected chi connectivity index (χ1v) is 26.4. The lowest BCUT2D eigenvalue weighted by molar-refractivity contribution is -0.141. The smallest absolute Gasteiger partial charge is 0.325 e. The van der Waals surface area contributed by atoms with Gasteiger partial charge in [0.15, 0.2) is 0 Å². The van der Waals surface area contributed by atoms with E-state index in [4.69, 9.17) is 4.74 Å². The Bertz CT molecular complexity index is 2540. The Labute approximate surface area is 438 Å². The number of carbonyl (C=O) groups is 5. The van der Waals surface area contributed by atoms with Crippen LogP contribution in [0.2, 0.25) is 0 Å². The summed E-state index contributed by atoms with van der Waals surface area (Å²) in [6.07, 6.45) is 2.63. The van der Waals surface area contributed by atoms with Crippen LogP contribution >= 0.6 is 23.5 Å². The minimum absolute atomic E-state index is 0.0137. The van der Waals surface area contributed by atoms with Crippen molar-refractivity contribution in [3.63, 3.8) is 0 Å². The van der Waals surface area contributed by atoms with E-state index in [0.717, 1.165) is 33.4 Å². The monoisotopic (exact) mass is 1020 g/mol. The molecule has 5 N–H and O–H groups in total. The largest absolute Gasteiger partial charge is 0.468 e. The zero-order valence-corrected chi connectivity index (χ0v) is 43.7. The third-order valence-corrected chi connectivity index (χ3v) is 15.6. The first kappa shape index (κ1) is 55.4. The molecular formula is C60H66N4O7S2. The number of rotatable bonds is 25. The average molecular weight is 1020 g/mol. The van der Waals surface area contributed by atoms with Crippen LogP contribution < -0.4 is 21.3 Å². The number of amides is 4. The van der Waals surface area contributed by atoms with Crippen molar-refractivity contribution in [3.05, 3.63) is 228 Å². The Balaban J connectivity index is 1.18. The first-order chi connectivity index (χ1) is 35.2. The van der Waals surface area contributed by atoms with Gasteiger partial charge in [0.2, 0.25) is 23.6 Å². The van der Waals surface area contributed by atoms with Gasteiger partial charge in [-0.15, -0.1) is 23.5 Å². The lowest BCUT2D eigenvalue weighted by Crippen LogP contribution is -2.61. The number of hydrogen-bond acceptors (Lipinski definition) is 9. The number of ether oxygens (including phenoxy) is 1. The van der Waals surface area contributed by atoms with Gasteiger partial charge in [-0.25, -0.2) is 0 Å². The molecule has 0 saturated heterocycles. The highest BCUT2D eigenvalue weighted by Crippen LogP contribution is 2.50. The molecule has 0 aliphatic rings. The summed E-state index contributed by atoms with van der Waals surface area (Å²) in [5, 5.41) is 22.1. The third-order valence-electron chi connectivity index (χ3n) is 12.4. The normalized spacial score (nSPS) is 13.1. The van der Waals surface area contributed by atoms with Crippen molar-refractivity contribution >= 4 is 53.1 Å². The molecule has 0 fully saturated rings. The van der Waals surface area contributed by atoms with Crippen LogP contribution in [-0.4, -0.2) is 83.6 Å². The summed E-state index contributed by atoms with van der Waals surface area (Å²) in [5.74, 6) is -2.84. The van der Waals surface area contributed by atoms with E-state index in [1.54, 1.807) is 31.7 Å². The van der Waals surface area contributed by atoms with Gasteiger partial charge in [-0.2, -0.15) is 0 Å². The van der Waals surface area contributed by atoms with Gasteiger partial charge in [0, 0.05) is 5.75 Å². The Morgan fingerprint density at radius 1 is 0.589 bits per heavy atom. The van der Waals surface area contributed by atoms with Gasteiger partial charge in [0.1, 0.15) is 24.2 Å². The molecule has 0 saturated carbocycles. The van der Waals surface area contributed by atoms with Crippen LogP contribution in [0.25, 0.3) is 0 Å². The number of thioether (sulfide) groups is 2. The minimum Gasteiger partial charge on any atom is -0.468 e. The van der Waals surface area contributed by atoms with E-state index >= 15 is 0 Å². The fraction of sp³-hybridized carbons (Fsp3) is 0.283. The molecule has 380 valence electrons. The Morgan fingerprint density at radius 3 is 1.37 bits per heavy atom. The molecule has 6 aromatic carbocycles. The van der Waals surface area contributed by atoms with E-state index in [9.17, 15) is 29.1 Å². The molecule has 13 heteroatoms. The van der Waals surface area contributed by atoms with E-state index in [0.29, 0.717) is 12.2 Å². The molecule has 11 nitrogen and oxygen atoms in total. The number of nitrogens with one attached hydrogen (secondary N) is 4. The Kier molecular flexibility index (Phi) is 20.2. The molecule has 0 aromatic heterocycles. The molecule has 0 aliphatic carbocycles. The molecule has 6 rings (SSSR count). The molecule has 0 unspecified atom stereocenters. The molecule has 4 amide bonds. The highest BCUT2D eigenvalue weighted by molar-refractivity contribution is 8.00. The van der Waals surface area contributed by atoms with Gasteiger partial charge >= 0.3 is 5.97 Å². The summed E-state index contributed by atoms with van der Waals surface area (Å²) in [7, 11) is 1.21. The zero-order valence-electron chi connectivity index (χ0n) is 42.0. The maximum absolute atomic E-state index is 14.6. The molecule has 0 heterocycles. The number of methoxy groups -OCH3 is 1. The van der Waals surface area contributed by atoms with Crippen LogP contribution in [-0.2, 0) is 38.2 Å². The van der Waals surface area contributed by atoms with Crippen LogP contribution in [0.3, 0.4) is 0 Å². The van der Waals surface area contributed by atoms with E-state index in [2.05, 4.69) is 94.1 Å². The van der Waals surface area contributed by atoms with Gasteiger partial charge in [-0.05, 0) is 65.3 Å². The highest BCUT2D eigenvalue weighted by Gasteiger charge is 2.41. The summed E-state index contributed by atoms with van der Waals surface area (Å²) in [6, 6.07) is 58.6. The molecule has 6 aromatic rings. The number of esters is 1. The molecular weight excluding hydrogens is 953 g/mol. The number of allylic oxidation sites excluding steroid dienone is 1. The van der Waals surface area contributed by atoms with Crippen LogP contribution in [0, 0.1) is 5.92 Å². The second kappa shape index (κ2) is 26.7. The zero-order chi connectivity index (χ0) is 52.3. The van der Waals surface area contributed by atoms with Crippen molar-refractivity contribution in [2.24, 2.45) is 5.92 Å². The fourth-order valence-corrected chi connectivity index (χ4v) is 11.7. The van der Waals surface area contributed by atoms with Crippen molar-refractivity contribution in [2.45, 2.75) is 73.8 Å². The second-order valence-corrected chi connectivity index (χ2v) is 21.0. The summed E-state index contributed by atoms with van der Waals surface area (Å²) < 4.78 is 3.33. The molecule has 3 atom stereocenters. The quantitative estimate of drug-likeness (QED) is 0.0163. The lowest BCUT2D eigenvalue weighted by Gasteiger charge is -2.37. The summed E-state index contributed by atoms with van der Waals surface area (Å²) in [4.78, 5) is 67.9. The topological polar surface area (TPSA) is 163 Å². The first-order valence-electron chi connectivity index (χ1n) is 24.4. The number of benzene rings is 6. The molecule has 0 spiro atoms. The summed E-state index contributed by atoms with van der Waals surface area (Å²) in [5.41, 5.74) is 4.69. The Morgan fingerprint density at radius 2 is 0.986 bits per heavy atom. The van der Waals surface area contributed by atoms with Gasteiger partial charge in [0.25, 0.3) is 0 Å². The SMILES string of the molecule is COC(=O)CNC(=O)[C@H](NC(=O)[C@@H](CSC(c1ccccc1)(c1ccccc1)c1ccccc1)NC(=O)C(C)(C)NC(=O)C[C@H](O)C=CCCSC(c1ccccc1)(c1ccccc1)c1ccccc1)C(C)C. The molecule has 0 bridgehead atoms. The van der Waals surface area contributed by atoms with Crippen molar-refractivity contribution in [3.8, 4) is 0 Å². The maximum Gasteiger partial charge on any atom is 0.325 e. The number of aliphatic hydroxyl groups is 1. The predicted molar refractivity (Wildman–Crippen MR) is 294 cm³/mol. The number of carbonyl (C=O) groups excluding carboxylic acids is 5. The lowest BCUT2D eigenvalue weighted by atomic mass is 9.84. The average Bonchev–Trinajstić information content (AvgIpc) is 3.41. The van der Waals surface area contributed by atoms with Crippen molar-refractivity contribution in [2.75, 3.05) is 25.2 Å². The Hall–Kier alpha value is -6.93. The van der Waals surface area contributed by atoms with E-state index in [-0.39, 0.29) is 12.2 Å². The van der Waals surface area contributed by atoms with Crippen LogP contribution in [0.4, 0.5) is 0 Å². The van der Waals surface area contributed by atoms with Gasteiger partial charge < -0.3 is 31.1 Å².